The topological polar surface area (TPSA) is 158 Å². The lowest BCUT2D eigenvalue weighted by Gasteiger charge is -2.25. The number of rotatable bonds is 6. The zero-order valence-electron chi connectivity index (χ0n) is 16.4. The molecule has 0 bridgehead atoms. The molecule has 1 unspecified atom stereocenters. The summed E-state index contributed by atoms with van der Waals surface area (Å²) in [7, 11) is 0. The molecule has 0 fully saturated rings. The van der Waals surface area contributed by atoms with Crippen LogP contribution in [0, 0.1) is 16.0 Å². The van der Waals surface area contributed by atoms with Gasteiger partial charge in [0.1, 0.15) is 0 Å². The molecule has 1 aliphatic rings. The number of nitrogens with one attached hydrogen (secondary N) is 3. The van der Waals surface area contributed by atoms with Gasteiger partial charge in [-0.3, -0.25) is 19.7 Å². The zero-order valence-corrected chi connectivity index (χ0v) is 16.4. The van der Waals surface area contributed by atoms with E-state index in [9.17, 15) is 24.5 Å². The van der Waals surface area contributed by atoms with Crippen LogP contribution in [0.4, 0.5) is 5.69 Å². The molecule has 0 saturated heterocycles. The average molecular weight is 424 g/mol. The molecule has 3 aromatic rings. The summed E-state index contributed by atoms with van der Waals surface area (Å²) in [5, 5.41) is 23.8. The van der Waals surface area contributed by atoms with Gasteiger partial charge in [-0.05, 0) is 55.0 Å². The van der Waals surface area contributed by atoms with Gasteiger partial charge in [0, 0.05) is 18.2 Å². The molecule has 1 atom stereocenters. The molecule has 0 saturated carbocycles. The number of carboxylic acid groups (broad SMARTS) is 1. The van der Waals surface area contributed by atoms with Crippen molar-refractivity contribution >= 4 is 22.7 Å². The summed E-state index contributed by atoms with van der Waals surface area (Å²) in [6.07, 6.45) is 1.78. The lowest BCUT2D eigenvalue weighted by atomic mass is 9.82. The molecule has 0 radical (unpaired) electrons. The first-order chi connectivity index (χ1) is 14.8. The Morgan fingerprint density at radius 1 is 1.16 bits per heavy atom. The molecule has 2 aromatic carbocycles. The molecule has 10 nitrogen and oxygen atoms in total. The summed E-state index contributed by atoms with van der Waals surface area (Å²) in [5.41, 5.74) is 1.49. The second-order valence-electron chi connectivity index (χ2n) is 7.68. The number of H-pyrrole nitrogens is 2. The maximum absolute atomic E-state index is 11.8. The third-order valence-corrected chi connectivity index (χ3v) is 5.67. The Bertz CT molecular complexity index is 1290. The van der Waals surface area contributed by atoms with Gasteiger partial charge in [0.15, 0.2) is 0 Å². The molecule has 0 aliphatic heterocycles. The number of benzene rings is 2. The predicted octanol–water partition coefficient (Wildman–Crippen LogP) is 1.72. The summed E-state index contributed by atoms with van der Waals surface area (Å²) >= 11 is 0. The summed E-state index contributed by atoms with van der Waals surface area (Å²) in [4.78, 5) is 50.5. The van der Waals surface area contributed by atoms with Crippen LogP contribution in [0.2, 0.25) is 0 Å². The van der Waals surface area contributed by atoms with Gasteiger partial charge < -0.3 is 20.4 Å². The standard InChI is InChI=1S/C21H20N4O6/c26-19-20(27)24-18-15-7-12(3-6-14(15)17(25(30)31)8-16(18)23-19)10-22-9-11-1-4-13(5-2-11)21(28)29/h1-2,4-5,8,12,22H,3,6-7,9-10H2,(H,23,26)(H,24,27)(H,28,29). The van der Waals surface area contributed by atoms with Crippen LogP contribution in [0.1, 0.15) is 33.5 Å². The predicted molar refractivity (Wildman–Crippen MR) is 112 cm³/mol. The first-order valence-electron chi connectivity index (χ1n) is 9.82. The fraction of sp³-hybridized carbons (Fsp3) is 0.286. The highest BCUT2D eigenvalue weighted by Crippen LogP contribution is 2.35. The molecule has 4 rings (SSSR count). The van der Waals surface area contributed by atoms with E-state index in [2.05, 4.69) is 15.3 Å². The van der Waals surface area contributed by atoms with Crippen molar-refractivity contribution in [2.24, 2.45) is 5.92 Å². The fourth-order valence-electron chi connectivity index (χ4n) is 4.12. The van der Waals surface area contributed by atoms with E-state index in [4.69, 9.17) is 5.11 Å². The maximum Gasteiger partial charge on any atom is 0.335 e. The SMILES string of the molecule is O=C(O)c1ccc(CNCC2CCc3c([N+](=O)[O-])cc4[nH]c(=O)c(=O)[nH]c4c3C2)cc1. The highest BCUT2D eigenvalue weighted by Gasteiger charge is 2.28. The Hall–Kier alpha value is -3.79. The highest BCUT2D eigenvalue weighted by atomic mass is 16.6. The Morgan fingerprint density at radius 2 is 1.87 bits per heavy atom. The van der Waals surface area contributed by atoms with Gasteiger partial charge in [-0.2, -0.15) is 0 Å². The van der Waals surface area contributed by atoms with Crippen LogP contribution in [-0.2, 0) is 19.4 Å². The number of carboxylic acids is 1. The molecule has 4 N–H and O–H groups in total. The normalized spacial score (nSPS) is 15.5. The first kappa shape index (κ1) is 20.5. The van der Waals surface area contributed by atoms with E-state index in [1.54, 1.807) is 24.3 Å². The van der Waals surface area contributed by atoms with Gasteiger partial charge >= 0.3 is 17.1 Å². The van der Waals surface area contributed by atoms with Crippen LogP contribution >= 0.6 is 0 Å². The van der Waals surface area contributed by atoms with Gasteiger partial charge in [-0.1, -0.05) is 12.1 Å². The summed E-state index contributed by atoms with van der Waals surface area (Å²) in [6, 6.07) is 7.93. The van der Waals surface area contributed by atoms with Crippen molar-refractivity contribution in [1.29, 1.82) is 0 Å². The number of hydrogen-bond acceptors (Lipinski definition) is 6. The smallest absolute Gasteiger partial charge is 0.335 e. The van der Waals surface area contributed by atoms with Crippen LogP contribution in [0.15, 0.2) is 39.9 Å². The van der Waals surface area contributed by atoms with Gasteiger partial charge in [0.25, 0.3) is 5.69 Å². The number of nitro groups is 1. The van der Waals surface area contributed by atoms with Gasteiger partial charge in [-0.15, -0.1) is 0 Å². The quantitative estimate of drug-likeness (QED) is 0.266. The number of fused-ring (bicyclic) bond motifs is 3. The van der Waals surface area contributed by atoms with E-state index in [-0.39, 0.29) is 22.7 Å². The Morgan fingerprint density at radius 3 is 2.55 bits per heavy atom. The Labute approximate surface area is 175 Å². The minimum absolute atomic E-state index is 0.0462. The third-order valence-electron chi connectivity index (χ3n) is 5.67. The third kappa shape index (κ3) is 4.10. The molecule has 0 amide bonds. The molecular formula is C21H20N4O6. The van der Waals surface area contributed by atoms with E-state index in [0.717, 1.165) is 12.0 Å². The Balaban J connectivity index is 1.54. The second kappa shape index (κ2) is 8.15. The number of hydrogen-bond donors (Lipinski definition) is 4. The number of aromatic amines is 2. The van der Waals surface area contributed by atoms with Crippen molar-refractivity contribution < 1.29 is 14.8 Å². The van der Waals surface area contributed by atoms with Crippen molar-refractivity contribution in [3.05, 3.63) is 83.4 Å². The van der Waals surface area contributed by atoms with Crippen LogP contribution in [0.5, 0.6) is 0 Å². The van der Waals surface area contributed by atoms with Crippen molar-refractivity contribution in [2.75, 3.05) is 6.54 Å². The van der Waals surface area contributed by atoms with E-state index in [1.165, 1.54) is 6.07 Å². The highest BCUT2D eigenvalue weighted by molar-refractivity contribution is 5.87. The van der Waals surface area contributed by atoms with Gasteiger partial charge in [0.05, 0.1) is 21.5 Å². The van der Waals surface area contributed by atoms with E-state index < -0.39 is 22.0 Å². The molecule has 31 heavy (non-hydrogen) atoms. The number of carbonyl (C=O) groups is 1. The minimum Gasteiger partial charge on any atom is -0.478 e. The molecule has 0 spiro atoms. The van der Waals surface area contributed by atoms with Crippen molar-refractivity contribution in [3.8, 4) is 0 Å². The second-order valence-corrected chi connectivity index (χ2v) is 7.68. The molecule has 160 valence electrons. The van der Waals surface area contributed by atoms with Gasteiger partial charge in [-0.25, -0.2) is 4.79 Å². The first-order valence-corrected chi connectivity index (χ1v) is 9.82. The van der Waals surface area contributed by atoms with Crippen molar-refractivity contribution in [2.45, 2.75) is 25.8 Å². The number of aromatic carboxylic acids is 1. The molecular weight excluding hydrogens is 404 g/mol. The van der Waals surface area contributed by atoms with Crippen LogP contribution in [0.25, 0.3) is 11.0 Å². The summed E-state index contributed by atoms with van der Waals surface area (Å²) < 4.78 is 0. The van der Waals surface area contributed by atoms with E-state index in [0.29, 0.717) is 42.6 Å². The molecule has 1 aliphatic carbocycles. The number of aromatic nitrogens is 2. The van der Waals surface area contributed by atoms with Crippen molar-refractivity contribution in [1.82, 2.24) is 15.3 Å². The van der Waals surface area contributed by atoms with Crippen LogP contribution < -0.4 is 16.4 Å². The average Bonchev–Trinajstić information content (AvgIpc) is 2.74. The number of nitrogens with zero attached hydrogens (tertiary/aromatic N) is 1. The largest absolute Gasteiger partial charge is 0.478 e. The monoisotopic (exact) mass is 424 g/mol. The lowest BCUT2D eigenvalue weighted by molar-refractivity contribution is -0.385. The number of nitro benzene ring substituents is 1. The van der Waals surface area contributed by atoms with Gasteiger partial charge in [0.2, 0.25) is 0 Å². The van der Waals surface area contributed by atoms with Crippen LogP contribution in [0.3, 0.4) is 0 Å². The zero-order chi connectivity index (χ0) is 22.1. The molecule has 1 aromatic heterocycles. The maximum atomic E-state index is 11.8. The van der Waals surface area contributed by atoms with E-state index >= 15 is 0 Å². The Kier molecular flexibility index (Phi) is 5.38. The molecule has 10 heteroatoms. The minimum atomic E-state index is -0.971. The van der Waals surface area contributed by atoms with Crippen molar-refractivity contribution in [3.63, 3.8) is 0 Å². The molecule has 1 heterocycles. The van der Waals surface area contributed by atoms with E-state index in [1.807, 2.05) is 0 Å². The fourth-order valence-corrected chi connectivity index (χ4v) is 4.12. The van der Waals surface area contributed by atoms with Crippen LogP contribution in [-0.4, -0.2) is 32.5 Å². The lowest BCUT2D eigenvalue weighted by Crippen LogP contribution is -2.31. The summed E-state index contributed by atoms with van der Waals surface area (Å²) in [5.74, 6) is -0.785. The summed E-state index contributed by atoms with van der Waals surface area (Å²) in [6.45, 7) is 1.21.